The number of ether oxygens (including phenoxy) is 1. The van der Waals surface area contributed by atoms with Crippen LogP contribution in [0.2, 0.25) is 0 Å². The van der Waals surface area contributed by atoms with E-state index < -0.39 is 0 Å². The van der Waals surface area contributed by atoms with Gasteiger partial charge in [0.15, 0.2) is 11.0 Å². The molecule has 0 radical (unpaired) electrons. The van der Waals surface area contributed by atoms with Crippen molar-refractivity contribution in [2.75, 3.05) is 17.7 Å². The van der Waals surface area contributed by atoms with Crippen LogP contribution in [-0.4, -0.2) is 39.1 Å². The normalized spacial score (nSPS) is 17.8. The monoisotopic (exact) mass is 497 g/mol. The van der Waals surface area contributed by atoms with Crippen LogP contribution in [0.3, 0.4) is 0 Å². The number of carbonyl (C=O) groups is 1. The minimum absolute atomic E-state index is 0.106. The number of hydrogen-bond acceptors (Lipinski definition) is 8. The second-order valence-electron chi connectivity index (χ2n) is 8.66. The summed E-state index contributed by atoms with van der Waals surface area (Å²) in [6.07, 6.45) is 9.12. The largest absolute Gasteiger partial charge is 0.469 e. The summed E-state index contributed by atoms with van der Waals surface area (Å²) in [6.45, 7) is 3.30. The lowest BCUT2D eigenvalue weighted by atomic mass is 10.1. The number of thiophene rings is 1. The van der Waals surface area contributed by atoms with Crippen LogP contribution in [0, 0.1) is 18.3 Å². The highest BCUT2D eigenvalue weighted by Gasteiger charge is 2.25. The Morgan fingerprint density at radius 2 is 2.21 bits per heavy atom. The summed E-state index contributed by atoms with van der Waals surface area (Å²) in [4.78, 5) is 14.1. The number of rotatable bonds is 7. The van der Waals surface area contributed by atoms with E-state index in [2.05, 4.69) is 21.6 Å². The number of amides is 1. The molecule has 3 aromatic heterocycles. The van der Waals surface area contributed by atoms with E-state index in [1.54, 1.807) is 17.6 Å². The molecular weight excluding hydrogens is 470 g/mol. The molecule has 1 aliphatic carbocycles. The van der Waals surface area contributed by atoms with Crippen molar-refractivity contribution in [2.45, 2.75) is 69.7 Å². The van der Waals surface area contributed by atoms with Crippen LogP contribution in [0.1, 0.15) is 53.9 Å². The van der Waals surface area contributed by atoms with Gasteiger partial charge in [-0.15, -0.1) is 21.5 Å². The molecule has 1 amide bonds. The predicted molar refractivity (Wildman–Crippen MR) is 131 cm³/mol. The fourth-order valence-electron chi connectivity index (χ4n) is 4.61. The Morgan fingerprint density at radius 3 is 2.97 bits per heavy atom. The van der Waals surface area contributed by atoms with Gasteiger partial charge in [0.25, 0.3) is 0 Å². The summed E-state index contributed by atoms with van der Waals surface area (Å²) < 4.78 is 13.3. The number of hydrogen-bond donors (Lipinski definition) is 1. The first-order valence-corrected chi connectivity index (χ1v) is 13.5. The lowest BCUT2D eigenvalue weighted by molar-refractivity contribution is -0.113. The first-order valence-electron chi connectivity index (χ1n) is 11.7. The zero-order valence-electron chi connectivity index (χ0n) is 19.1. The Labute approximate surface area is 206 Å². The number of nitriles is 1. The average molecular weight is 498 g/mol. The molecule has 1 atom stereocenters. The summed E-state index contributed by atoms with van der Waals surface area (Å²) in [5.74, 6) is 1.53. The van der Waals surface area contributed by atoms with Crippen LogP contribution >= 0.6 is 23.1 Å². The van der Waals surface area contributed by atoms with Crippen LogP contribution in [0.15, 0.2) is 21.9 Å². The SMILES string of the molecule is Cc1occc1-c1nnc(SCC(=O)Nc2sc3c(c2C#N)CCCCC3)n1C[C@@H]1CCCO1. The minimum atomic E-state index is -0.148. The quantitative estimate of drug-likeness (QED) is 0.363. The van der Waals surface area contributed by atoms with E-state index in [1.807, 2.05) is 17.6 Å². The third-order valence-corrected chi connectivity index (χ3v) is 8.52. The Morgan fingerprint density at radius 1 is 1.32 bits per heavy atom. The number of carbonyl (C=O) groups excluding carboxylic acids is 1. The van der Waals surface area contributed by atoms with Crippen LogP contribution in [0.25, 0.3) is 11.4 Å². The fraction of sp³-hybridized carbons (Fsp3) is 0.500. The number of thioether (sulfide) groups is 1. The molecule has 5 rings (SSSR count). The molecule has 0 aromatic carbocycles. The first-order chi connectivity index (χ1) is 16.6. The molecule has 2 aliphatic rings. The molecule has 3 aromatic rings. The van der Waals surface area contributed by atoms with Gasteiger partial charge >= 0.3 is 0 Å². The van der Waals surface area contributed by atoms with Crippen LogP contribution in [0.5, 0.6) is 0 Å². The number of furan rings is 1. The second kappa shape index (κ2) is 10.3. The van der Waals surface area contributed by atoms with Crippen molar-refractivity contribution < 1.29 is 13.9 Å². The summed E-state index contributed by atoms with van der Waals surface area (Å²) in [5, 5.41) is 22.8. The number of aryl methyl sites for hydroxylation is 2. The molecule has 10 heteroatoms. The lowest BCUT2D eigenvalue weighted by Crippen LogP contribution is -2.18. The maximum atomic E-state index is 12.8. The van der Waals surface area contributed by atoms with E-state index >= 15 is 0 Å². The van der Waals surface area contributed by atoms with Gasteiger partial charge in [-0.3, -0.25) is 9.36 Å². The maximum absolute atomic E-state index is 12.8. The molecule has 1 fully saturated rings. The number of anilines is 1. The van der Waals surface area contributed by atoms with Gasteiger partial charge in [0.05, 0.1) is 35.8 Å². The van der Waals surface area contributed by atoms with E-state index in [0.717, 1.165) is 67.8 Å². The topological polar surface area (TPSA) is 106 Å². The number of fused-ring (bicyclic) bond motifs is 1. The third kappa shape index (κ3) is 4.78. The molecule has 0 bridgehead atoms. The highest BCUT2D eigenvalue weighted by Crippen LogP contribution is 2.37. The third-order valence-electron chi connectivity index (χ3n) is 6.35. The highest BCUT2D eigenvalue weighted by atomic mass is 32.2. The van der Waals surface area contributed by atoms with E-state index in [4.69, 9.17) is 9.15 Å². The van der Waals surface area contributed by atoms with Gasteiger partial charge in [0, 0.05) is 11.5 Å². The van der Waals surface area contributed by atoms with Crippen LogP contribution in [0.4, 0.5) is 5.00 Å². The molecule has 0 unspecified atom stereocenters. The van der Waals surface area contributed by atoms with Gasteiger partial charge in [-0.05, 0) is 57.1 Å². The zero-order chi connectivity index (χ0) is 23.5. The van der Waals surface area contributed by atoms with Crippen molar-refractivity contribution in [3.63, 3.8) is 0 Å². The Kier molecular flexibility index (Phi) is 7.04. The van der Waals surface area contributed by atoms with Gasteiger partial charge < -0.3 is 14.5 Å². The molecular formula is C24H27N5O3S2. The first kappa shape index (κ1) is 23.1. The smallest absolute Gasteiger partial charge is 0.235 e. The Balaban J connectivity index is 1.31. The van der Waals surface area contributed by atoms with Crippen molar-refractivity contribution >= 4 is 34.0 Å². The highest BCUT2D eigenvalue weighted by molar-refractivity contribution is 7.99. The molecule has 8 nitrogen and oxygen atoms in total. The Bertz CT molecular complexity index is 1220. The van der Waals surface area contributed by atoms with E-state index in [-0.39, 0.29) is 17.8 Å². The van der Waals surface area contributed by atoms with Crippen molar-refractivity contribution in [3.05, 3.63) is 34.1 Å². The molecule has 0 spiro atoms. The molecule has 4 heterocycles. The van der Waals surface area contributed by atoms with Crippen LogP contribution < -0.4 is 5.32 Å². The Hall–Kier alpha value is -2.61. The van der Waals surface area contributed by atoms with E-state index in [9.17, 15) is 10.1 Å². The summed E-state index contributed by atoms with van der Waals surface area (Å²) in [5.41, 5.74) is 2.66. The average Bonchev–Trinajstić information content (AvgIpc) is 3.60. The summed E-state index contributed by atoms with van der Waals surface area (Å²) in [7, 11) is 0. The van der Waals surface area contributed by atoms with Gasteiger partial charge in [-0.2, -0.15) is 5.26 Å². The number of nitrogens with one attached hydrogen (secondary N) is 1. The number of aromatic nitrogens is 3. The molecule has 1 saturated heterocycles. The van der Waals surface area contributed by atoms with Crippen LogP contribution in [-0.2, 0) is 28.9 Å². The summed E-state index contributed by atoms with van der Waals surface area (Å²) in [6, 6.07) is 4.21. The molecule has 34 heavy (non-hydrogen) atoms. The van der Waals surface area contributed by atoms with Gasteiger partial charge in [0.1, 0.15) is 16.8 Å². The lowest BCUT2D eigenvalue weighted by Gasteiger charge is -2.14. The van der Waals surface area contributed by atoms with E-state index in [0.29, 0.717) is 22.3 Å². The minimum Gasteiger partial charge on any atom is -0.469 e. The standard InChI is InChI=1S/C24H27N5O3S2/c1-15-17(9-11-31-15)22-27-28-24(29(22)13-16-6-5-10-32-16)33-14-21(30)26-23-19(12-25)18-7-3-2-4-8-20(18)34-23/h9,11,16H,2-8,10,13-14H2,1H3,(H,26,30)/t16-/m0/s1. The number of nitrogens with zero attached hydrogens (tertiary/aromatic N) is 4. The van der Waals surface area contributed by atoms with Gasteiger partial charge in [-0.25, -0.2) is 0 Å². The zero-order valence-corrected chi connectivity index (χ0v) is 20.8. The van der Waals surface area contributed by atoms with E-state index in [1.165, 1.54) is 23.1 Å². The van der Waals surface area contributed by atoms with Gasteiger partial charge in [-0.1, -0.05) is 18.2 Å². The summed E-state index contributed by atoms with van der Waals surface area (Å²) >= 11 is 2.90. The second-order valence-corrected chi connectivity index (χ2v) is 10.7. The molecule has 178 valence electrons. The molecule has 0 saturated carbocycles. The predicted octanol–water partition coefficient (Wildman–Crippen LogP) is 4.96. The molecule has 1 N–H and O–H groups in total. The van der Waals surface area contributed by atoms with Crippen molar-refractivity contribution in [1.29, 1.82) is 5.26 Å². The molecule has 1 aliphatic heterocycles. The van der Waals surface area contributed by atoms with Crippen molar-refractivity contribution in [3.8, 4) is 17.5 Å². The fourth-order valence-corrected chi connectivity index (χ4v) is 6.61. The van der Waals surface area contributed by atoms with Crippen molar-refractivity contribution in [1.82, 2.24) is 14.8 Å². The van der Waals surface area contributed by atoms with Crippen molar-refractivity contribution in [2.24, 2.45) is 0 Å². The van der Waals surface area contributed by atoms with Gasteiger partial charge in [0.2, 0.25) is 5.91 Å². The maximum Gasteiger partial charge on any atom is 0.235 e.